The summed E-state index contributed by atoms with van der Waals surface area (Å²) in [4.78, 5) is 11.7. The maximum atomic E-state index is 11.7. The Hall–Kier alpha value is -1.79. The highest BCUT2D eigenvalue weighted by atomic mass is 16.4. The molecule has 0 aliphatic rings. The molecule has 0 aliphatic carbocycles. The lowest BCUT2D eigenvalue weighted by atomic mass is 9.88. The van der Waals surface area contributed by atoms with Gasteiger partial charge in [0.1, 0.15) is 17.1 Å². The third-order valence-electron chi connectivity index (χ3n) is 5.14. The van der Waals surface area contributed by atoms with Gasteiger partial charge in [0.2, 0.25) is 0 Å². The lowest BCUT2D eigenvalue weighted by Gasteiger charge is -2.26. The van der Waals surface area contributed by atoms with E-state index in [2.05, 4.69) is 0 Å². The van der Waals surface area contributed by atoms with Gasteiger partial charge in [0, 0.05) is 5.56 Å². The second-order valence-corrected chi connectivity index (χ2v) is 8.68. The molecule has 0 heterocycles. The van der Waals surface area contributed by atoms with E-state index in [1.165, 1.54) is 6.07 Å². The average Bonchev–Trinajstić information content (AvgIpc) is 2.52. The Labute approximate surface area is 167 Å². The van der Waals surface area contributed by atoms with Crippen molar-refractivity contribution in [3.8, 4) is 11.5 Å². The zero-order valence-electron chi connectivity index (χ0n) is 17.6. The Kier molecular flexibility index (Phi) is 8.76. The fourth-order valence-electron chi connectivity index (χ4n) is 3.42. The molecule has 160 valence electrons. The highest BCUT2D eigenvalue weighted by molar-refractivity contribution is 5.93. The number of aryl methyl sites for hydroxylation is 1. The summed E-state index contributed by atoms with van der Waals surface area (Å²) in [6, 6.07) is 1.43. The molecule has 1 aromatic rings. The van der Waals surface area contributed by atoms with Gasteiger partial charge >= 0.3 is 5.97 Å². The molecule has 0 radical (unpaired) electrons. The molecule has 28 heavy (non-hydrogen) atoms. The molecule has 0 fully saturated rings. The van der Waals surface area contributed by atoms with Gasteiger partial charge in [-0.3, -0.25) is 0 Å². The number of phenolic OH excluding ortho intramolecular Hbond substituents is 1. The number of carboxylic acid groups (broad SMARTS) is 1. The maximum Gasteiger partial charge on any atom is 0.339 e. The van der Waals surface area contributed by atoms with Gasteiger partial charge < -0.3 is 25.5 Å². The van der Waals surface area contributed by atoms with Gasteiger partial charge in [-0.1, -0.05) is 19.8 Å². The molecule has 0 saturated heterocycles. The highest BCUT2D eigenvalue weighted by Gasteiger charge is 2.26. The first-order chi connectivity index (χ1) is 12.9. The first kappa shape index (κ1) is 24.2. The third kappa shape index (κ3) is 7.68. The van der Waals surface area contributed by atoms with Crippen LogP contribution in [0.1, 0.15) is 94.1 Å². The van der Waals surface area contributed by atoms with E-state index in [1.54, 1.807) is 20.8 Å². The third-order valence-corrected chi connectivity index (χ3v) is 5.14. The number of carboxylic acids is 1. The van der Waals surface area contributed by atoms with Crippen molar-refractivity contribution in [1.29, 1.82) is 0 Å². The van der Waals surface area contributed by atoms with Crippen LogP contribution in [0.25, 0.3) is 0 Å². The molecular formula is C22H36O6. The van der Waals surface area contributed by atoms with E-state index in [9.17, 15) is 30.3 Å². The number of benzene rings is 1. The molecule has 0 amide bonds. The predicted octanol–water partition coefficient (Wildman–Crippen LogP) is 4.15. The quantitative estimate of drug-likeness (QED) is 0.339. The second-order valence-electron chi connectivity index (χ2n) is 8.68. The smallest absolute Gasteiger partial charge is 0.339 e. The zero-order chi connectivity index (χ0) is 21.5. The fraction of sp³-hybridized carbons (Fsp3) is 0.682. The Morgan fingerprint density at radius 1 is 0.964 bits per heavy atom. The minimum absolute atomic E-state index is 0.138. The number of rotatable bonds is 12. The van der Waals surface area contributed by atoms with Crippen LogP contribution in [0.4, 0.5) is 0 Å². The lowest BCUT2D eigenvalue weighted by molar-refractivity contribution is 0.0240. The van der Waals surface area contributed by atoms with E-state index in [0.29, 0.717) is 31.2 Å². The van der Waals surface area contributed by atoms with Crippen LogP contribution in [0, 0.1) is 0 Å². The molecular weight excluding hydrogens is 360 g/mol. The number of carbonyl (C=O) groups is 1. The molecule has 0 spiro atoms. The summed E-state index contributed by atoms with van der Waals surface area (Å²) in [5.41, 5.74) is -1.43. The Bertz CT molecular complexity index is 658. The minimum Gasteiger partial charge on any atom is -0.508 e. The molecule has 1 rings (SSSR count). The minimum atomic E-state index is -1.22. The highest BCUT2D eigenvalue weighted by Crippen LogP contribution is 2.37. The molecule has 0 aliphatic heterocycles. The fourth-order valence-corrected chi connectivity index (χ4v) is 3.42. The number of aliphatic hydroxyl groups is 2. The summed E-state index contributed by atoms with van der Waals surface area (Å²) >= 11 is 0. The number of hydrogen-bond acceptors (Lipinski definition) is 5. The first-order valence-corrected chi connectivity index (χ1v) is 10.1. The van der Waals surface area contributed by atoms with Crippen molar-refractivity contribution in [2.45, 2.75) is 96.7 Å². The lowest BCUT2D eigenvalue weighted by Crippen LogP contribution is -2.27. The van der Waals surface area contributed by atoms with Gasteiger partial charge in [0.25, 0.3) is 0 Å². The molecule has 6 heteroatoms. The van der Waals surface area contributed by atoms with Crippen molar-refractivity contribution in [2.24, 2.45) is 0 Å². The van der Waals surface area contributed by atoms with Crippen LogP contribution >= 0.6 is 0 Å². The molecule has 1 unspecified atom stereocenters. The molecule has 0 bridgehead atoms. The molecule has 1 atom stereocenters. The van der Waals surface area contributed by atoms with Crippen LogP contribution < -0.4 is 0 Å². The monoisotopic (exact) mass is 396 g/mol. The van der Waals surface area contributed by atoms with Crippen molar-refractivity contribution >= 4 is 5.97 Å². The van der Waals surface area contributed by atoms with E-state index in [1.807, 2.05) is 6.92 Å². The van der Waals surface area contributed by atoms with E-state index >= 15 is 0 Å². The summed E-state index contributed by atoms with van der Waals surface area (Å²) in [7, 11) is 0. The van der Waals surface area contributed by atoms with Gasteiger partial charge in [-0.15, -0.1) is 0 Å². The standard InChI is InChI=1S/C22H36O6/c1-5-6-7-9-15-14-17(23)16(19(24)18(15)20(25)26)10-13-22(4,28)12-8-11-21(2,3)27/h14,23-24,27-28H,5-13H2,1-4H3,(H,25,26). The van der Waals surface area contributed by atoms with E-state index in [4.69, 9.17) is 0 Å². The van der Waals surface area contributed by atoms with E-state index < -0.39 is 22.9 Å². The van der Waals surface area contributed by atoms with Crippen molar-refractivity contribution in [2.75, 3.05) is 0 Å². The van der Waals surface area contributed by atoms with Crippen LogP contribution in [0.15, 0.2) is 6.07 Å². The van der Waals surface area contributed by atoms with Crippen molar-refractivity contribution in [3.05, 3.63) is 22.8 Å². The van der Waals surface area contributed by atoms with Crippen LogP contribution in [0.2, 0.25) is 0 Å². The molecule has 0 saturated carbocycles. The number of unbranched alkanes of at least 4 members (excludes halogenated alkanes) is 2. The SMILES string of the molecule is CCCCCc1cc(O)c(CCC(C)(O)CCCC(C)(C)O)c(O)c1C(=O)O. The average molecular weight is 397 g/mol. The Morgan fingerprint density at radius 3 is 2.14 bits per heavy atom. The molecule has 0 aromatic heterocycles. The van der Waals surface area contributed by atoms with Gasteiger partial charge in [-0.2, -0.15) is 0 Å². The maximum absolute atomic E-state index is 11.7. The van der Waals surface area contributed by atoms with Crippen LogP contribution in [-0.2, 0) is 12.8 Å². The summed E-state index contributed by atoms with van der Waals surface area (Å²) < 4.78 is 0. The number of aromatic carboxylic acids is 1. The Balaban J connectivity index is 2.93. The topological polar surface area (TPSA) is 118 Å². The number of phenols is 2. The summed E-state index contributed by atoms with van der Waals surface area (Å²) in [5, 5.41) is 50.7. The van der Waals surface area contributed by atoms with Gasteiger partial charge in [0.05, 0.1) is 11.2 Å². The number of hydrogen-bond donors (Lipinski definition) is 5. The summed E-state index contributed by atoms with van der Waals surface area (Å²) in [6.45, 7) is 7.15. The van der Waals surface area contributed by atoms with Crippen LogP contribution in [0.5, 0.6) is 11.5 Å². The number of aromatic hydroxyl groups is 2. The second kappa shape index (κ2) is 10.1. The summed E-state index contributed by atoms with van der Waals surface area (Å²) in [6.07, 6.45) is 5.24. The Morgan fingerprint density at radius 2 is 1.61 bits per heavy atom. The summed E-state index contributed by atoms with van der Waals surface area (Å²) in [5.74, 6) is -1.77. The van der Waals surface area contributed by atoms with E-state index in [0.717, 1.165) is 19.3 Å². The van der Waals surface area contributed by atoms with Gasteiger partial charge in [-0.25, -0.2) is 4.79 Å². The van der Waals surface area contributed by atoms with Crippen molar-refractivity contribution in [3.63, 3.8) is 0 Å². The largest absolute Gasteiger partial charge is 0.508 e. The molecule has 5 N–H and O–H groups in total. The predicted molar refractivity (Wildman–Crippen MR) is 109 cm³/mol. The molecule has 1 aromatic carbocycles. The van der Waals surface area contributed by atoms with E-state index in [-0.39, 0.29) is 29.7 Å². The van der Waals surface area contributed by atoms with Crippen LogP contribution in [0.3, 0.4) is 0 Å². The van der Waals surface area contributed by atoms with Crippen molar-refractivity contribution in [1.82, 2.24) is 0 Å². The molecule has 6 nitrogen and oxygen atoms in total. The van der Waals surface area contributed by atoms with Gasteiger partial charge in [0.15, 0.2) is 0 Å². The van der Waals surface area contributed by atoms with Crippen molar-refractivity contribution < 1.29 is 30.3 Å². The van der Waals surface area contributed by atoms with Crippen LogP contribution in [-0.4, -0.2) is 42.7 Å². The van der Waals surface area contributed by atoms with Gasteiger partial charge in [-0.05, 0) is 77.3 Å². The first-order valence-electron chi connectivity index (χ1n) is 10.1. The zero-order valence-corrected chi connectivity index (χ0v) is 17.6. The normalized spacial score (nSPS) is 14.1.